The number of rotatable bonds is 6. The largest absolute Gasteiger partial charge is 0.486 e. The van der Waals surface area contributed by atoms with Crippen LogP contribution in [-0.4, -0.2) is 32.3 Å². The van der Waals surface area contributed by atoms with Gasteiger partial charge in [0.15, 0.2) is 11.5 Å². The molecule has 0 atom stereocenters. The van der Waals surface area contributed by atoms with Crippen molar-refractivity contribution in [1.82, 2.24) is 10.6 Å². The number of ether oxygens (including phenoxy) is 2. The Balaban J connectivity index is 1.33. The molecule has 0 saturated heterocycles. The Morgan fingerprint density at radius 1 is 1.00 bits per heavy atom. The summed E-state index contributed by atoms with van der Waals surface area (Å²) in [7, 11) is 0. The molecule has 2 N–H and O–H groups in total. The summed E-state index contributed by atoms with van der Waals surface area (Å²) in [5.74, 6) is 1.59. The zero-order chi connectivity index (χ0) is 16.6. The maximum absolute atomic E-state index is 11.8. The molecular weight excluding hydrogens is 304 g/mol. The van der Waals surface area contributed by atoms with E-state index in [2.05, 4.69) is 16.7 Å². The summed E-state index contributed by atoms with van der Waals surface area (Å²) in [5, 5.41) is 5.84. The minimum absolute atomic E-state index is 0.0936. The Labute approximate surface area is 143 Å². The summed E-state index contributed by atoms with van der Waals surface area (Å²) in [4.78, 5) is 11.8. The molecule has 1 aliphatic heterocycles. The van der Waals surface area contributed by atoms with Gasteiger partial charge < -0.3 is 20.1 Å². The number of fused-ring (bicyclic) bond motifs is 1. The molecule has 1 aromatic carbocycles. The van der Waals surface area contributed by atoms with Crippen molar-refractivity contribution in [2.45, 2.75) is 38.5 Å². The van der Waals surface area contributed by atoms with Crippen LogP contribution >= 0.6 is 0 Å². The van der Waals surface area contributed by atoms with Crippen LogP contribution in [0.3, 0.4) is 0 Å². The fourth-order valence-electron chi connectivity index (χ4n) is 3.09. The van der Waals surface area contributed by atoms with E-state index in [-0.39, 0.29) is 6.03 Å². The van der Waals surface area contributed by atoms with Gasteiger partial charge in [0.1, 0.15) is 13.2 Å². The highest BCUT2D eigenvalue weighted by Gasteiger charge is 2.11. The number of carbonyl (C=O) groups is 1. The molecule has 2 amide bonds. The van der Waals surface area contributed by atoms with Crippen LogP contribution in [0.15, 0.2) is 29.8 Å². The summed E-state index contributed by atoms with van der Waals surface area (Å²) >= 11 is 0. The van der Waals surface area contributed by atoms with Crippen molar-refractivity contribution in [3.05, 3.63) is 35.4 Å². The minimum atomic E-state index is -0.0936. The van der Waals surface area contributed by atoms with E-state index in [1.165, 1.54) is 31.3 Å². The topological polar surface area (TPSA) is 59.6 Å². The lowest BCUT2D eigenvalue weighted by atomic mass is 9.97. The summed E-state index contributed by atoms with van der Waals surface area (Å²) in [6.45, 7) is 2.51. The highest BCUT2D eigenvalue weighted by molar-refractivity contribution is 5.73. The molecule has 0 saturated carbocycles. The monoisotopic (exact) mass is 330 g/mol. The van der Waals surface area contributed by atoms with E-state index in [0.717, 1.165) is 29.9 Å². The molecule has 0 spiro atoms. The molecule has 2 aliphatic rings. The summed E-state index contributed by atoms with van der Waals surface area (Å²) in [5.41, 5.74) is 2.62. The third-order valence-corrected chi connectivity index (χ3v) is 4.42. The molecule has 24 heavy (non-hydrogen) atoms. The molecule has 1 heterocycles. The molecule has 5 nitrogen and oxygen atoms in total. The first-order valence-electron chi connectivity index (χ1n) is 8.89. The number of hydrogen-bond donors (Lipinski definition) is 2. The van der Waals surface area contributed by atoms with E-state index in [1.807, 2.05) is 18.2 Å². The Kier molecular flexibility index (Phi) is 5.99. The molecule has 3 rings (SSSR count). The van der Waals surface area contributed by atoms with E-state index < -0.39 is 0 Å². The molecule has 0 radical (unpaired) electrons. The van der Waals surface area contributed by atoms with Gasteiger partial charge in [0, 0.05) is 13.1 Å². The quantitative estimate of drug-likeness (QED) is 0.788. The van der Waals surface area contributed by atoms with E-state index in [4.69, 9.17) is 9.47 Å². The van der Waals surface area contributed by atoms with Crippen LogP contribution in [0.5, 0.6) is 11.5 Å². The number of urea groups is 1. The van der Waals surface area contributed by atoms with Gasteiger partial charge in [-0.1, -0.05) is 17.7 Å². The van der Waals surface area contributed by atoms with Gasteiger partial charge in [-0.15, -0.1) is 0 Å². The number of benzene rings is 1. The Morgan fingerprint density at radius 3 is 2.58 bits per heavy atom. The number of allylic oxidation sites excluding steroid dienone is 1. The second kappa shape index (κ2) is 8.62. The third-order valence-electron chi connectivity index (χ3n) is 4.42. The zero-order valence-corrected chi connectivity index (χ0v) is 14.1. The number of carbonyl (C=O) groups excluding carboxylic acids is 1. The van der Waals surface area contributed by atoms with E-state index >= 15 is 0 Å². The third kappa shape index (κ3) is 4.91. The van der Waals surface area contributed by atoms with Crippen LogP contribution in [0.25, 0.3) is 0 Å². The highest BCUT2D eigenvalue weighted by atomic mass is 16.6. The van der Waals surface area contributed by atoms with E-state index in [9.17, 15) is 4.79 Å². The van der Waals surface area contributed by atoms with Crippen LogP contribution in [0.4, 0.5) is 4.79 Å². The van der Waals surface area contributed by atoms with Gasteiger partial charge >= 0.3 is 6.03 Å². The average molecular weight is 330 g/mol. The lowest BCUT2D eigenvalue weighted by molar-refractivity contribution is 0.171. The molecule has 0 unspecified atom stereocenters. The molecule has 0 bridgehead atoms. The van der Waals surface area contributed by atoms with Crippen molar-refractivity contribution in [1.29, 1.82) is 0 Å². The normalized spacial score (nSPS) is 16.2. The first-order chi connectivity index (χ1) is 11.8. The molecular formula is C19H26N2O3. The zero-order valence-electron chi connectivity index (χ0n) is 14.1. The maximum atomic E-state index is 11.8. The number of amides is 2. The Hall–Kier alpha value is -2.17. The van der Waals surface area contributed by atoms with Crippen molar-refractivity contribution in [2.75, 3.05) is 26.3 Å². The average Bonchev–Trinajstić information content (AvgIpc) is 2.62. The van der Waals surface area contributed by atoms with Gasteiger partial charge in [-0.3, -0.25) is 0 Å². The summed E-state index contributed by atoms with van der Waals surface area (Å²) < 4.78 is 11.1. The van der Waals surface area contributed by atoms with Crippen molar-refractivity contribution < 1.29 is 14.3 Å². The van der Waals surface area contributed by atoms with Gasteiger partial charge in [-0.25, -0.2) is 4.79 Å². The Morgan fingerprint density at radius 2 is 1.79 bits per heavy atom. The van der Waals surface area contributed by atoms with Crippen molar-refractivity contribution in [2.24, 2.45) is 0 Å². The lowest BCUT2D eigenvalue weighted by Gasteiger charge is -2.19. The van der Waals surface area contributed by atoms with Crippen molar-refractivity contribution in [3.63, 3.8) is 0 Å². The SMILES string of the molecule is O=C(NCCC1=CCCCC1)NCCc1ccc2c(c1)OCCO2. The van der Waals surface area contributed by atoms with Crippen molar-refractivity contribution in [3.8, 4) is 11.5 Å². The fourth-order valence-corrected chi connectivity index (χ4v) is 3.09. The first-order valence-corrected chi connectivity index (χ1v) is 8.89. The van der Waals surface area contributed by atoms with Crippen LogP contribution < -0.4 is 20.1 Å². The molecule has 0 fully saturated rings. The fraction of sp³-hybridized carbons (Fsp3) is 0.526. The van der Waals surface area contributed by atoms with Gasteiger partial charge in [-0.2, -0.15) is 0 Å². The standard InChI is InChI=1S/C19H26N2O3/c22-19(20-10-8-15-4-2-1-3-5-15)21-11-9-16-6-7-17-18(14-16)24-13-12-23-17/h4,6-7,14H,1-3,5,8-13H2,(H2,20,21,22). The summed E-state index contributed by atoms with van der Waals surface area (Å²) in [6.07, 6.45) is 9.03. The molecule has 0 aromatic heterocycles. The van der Waals surface area contributed by atoms with Crippen LogP contribution in [0.2, 0.25) is 0 Å². The number of hydrogen-bond acceptors (Lipinski definition) is 3. The molecule has 5 heteroatoms. The van der Waals surface area contributed by atoms with Crippen LogP contribution in [0.1, 0.15) is 37.7 Å². The van der Waals surface area contributed by atoms with Gasteiger partial charge in [0.2, 0.25) is 0 Å². The van der Waals surface area contributed by atoms with Gasteiger partial charge in [0.05, 0.1) is 0 Å². The predicted octanol–water partition coefficient (Wildman–Crippen LogP) is 3.19. The van der Waals surface area contributed by atoms with Gasteiger partial charge in [0.25, 0.3) is 0 Å². The lowest BCUT2D eigenvalue weighted by Crippen LogP contribution is -2.37. The predicted molar refractivity (Wildman–Crippen MR) is 93.7 cm³/mol. The molecule has 1 aliphatic carbocycles. The van der Waals surface area contributed by atoms with E-state index in [0.29, 0.717) is 26.3 Å². The smallest absolute Gasteiger partial charge is 0.314 e. The summed E-state index contributed by atoms with van der Waals surface area (Å²) in [6, 6.07) is 5.85. The second-order valence-corrected chi connectivity index (χ2v) is 6.27. The van der Waals surface area contributed by atoms with Crippen molar-refractivity contribution >= 4 is 6.03 Å². The second-order valence-electron chi connectivity index (χ2n) is 6.27. The van der Waals surface area contributed by atoms with E-state index in [1.54, 1.807) is 0 Å². The maximum Gasteiger partial charge on any atom is 0.314 e. The Bertz CT molecular complexity index is 598. The molecule has 130 valence electrons. The molecule has 1 aromatic rings. The highest BCUT2D eigenvalue weighted by Crippen LogP contribution is 2.30. The van der Waals surface area contributed by atoms with Crippen LogP contribution in [0, 0.1) is 0 Å². The van der Waals surface area contributed by atoms with Crippen LogP contribution in [-0.2, 0) is 6.42 Å². The van der Waals surface area contributed by atoms with Gasteiger partial charge in [-0.05, 0) is 56.2 Å². The minimum Gasteiger partial charge on any atom is -0.486 e. The number of nitrogens with one attached hydrogen (secondary N) is 2. The first kappa shape index (κ1) is 16.7.